The number of rotatable bonds is 4. The fraction of sp³-hybridized carbons (Fsp3) is 0.125. The van der Waals surface area contributed by atoms with Gasteiger partial charge >= 0.3 is 0 Å². The summed E-state index contributed by atoms with van der Waals surface area (Å²) in [6.45, 7) is 0.981. The molecular formula is C16H16N4O. The number of nitrogens with two attached hydrogens (primary N) is 1. The Balaban J connectivity index is 1.70. The van der Waals surface area contributed by atoms with E-state index in [1.807, 2.05) is 36.4 Å². The molecule has 0 aliphatic carbocycles. The van der Waals surface area contributed by atoms with Gasteiger partial charge in [0.15, 0.2) is 0 Å². The number of fused-ring (bicyclic) bond motifs is 1. The molecule has 5 nitrogen and oxygen atoms in total. The summed E-state index contributed by atoms with van der Waals surface area (Å²) in [4.78, 5) is 12.2. The van der Waals surface area contributed by atoms with Crippen molar-refractivity contribution in [3.63, 3.8) is 0 Å². The maximum Gasteiger partial charge on any atom is 0.251 e. The quantitative estimate of drug-likeness (QED) is 0.683. The number of carbonyl (C=O) groups is 1. The van der Waals surface area contributed by atoms with Gasteiger partial charge in [-0.15, -0.1) is 0 Å². The van der Waals surface area contributed by atoms with Crippen molar-refractivity contribution in [1.82, 2.24) is 15.5 Å². The number of H-pyrrole nitrogens is 1. The lowest BCUT2D eigenvalue weighted by atomic mass is 10.1. The molecule has 21 heavy (non-hydrogen) atoms. The molecule has 1 amide bonds. The van der Waals surface area contributed by atoms with Gasteiger partial charge in [-0.05, 0) is 29.3 Å². The highest BCUT2D eigenvalue weighted by Gasteiger charge is 2.07. The number of benzene rings is 2. The highest BCUT2D eigenvalue weighted by molar-refractivity contribution is 5.97. The van der Waals surface area contributed by atoms with E-state index in [1.54, 1.807) is 12.3 Å². The van der Waals surface area contributed by atoms with Crippen LogP contribution in [0.4, 0.5) is 0 Å². The summed E-state index contributed by atoms with van der Waals surface area (Å²) in [5, 5.41) is 10.6. The molecule has 2 aromatic carbocycles. The molecule has 3 rings (SSSR count). The number of aromatic nitrogens is 2. The Morgan fingerprint density at radius 2 is 2.05 bits per heavy atom. The van der Waals surface area contributed by atoms with Crippen LogP contribution in [0.25, 0.3) is 10.9 Å². The van der Waals surface area contributed by atoms with E-state index >= 15 is 0 Å². The average Bonchev–Trinajstić information content (AvgIpc) is 3.00. The minimum atomic E-state index is -0.101. The summed E-state index contributed by atoms with van der Waals surface area (Å²) < 4.78 is 0. The van der Waals surface area contributed by atoms with Gasteiger partial charge in [-0.2, -0.15) is 5.10 Å². The van der Waals surface area contributed by atoms with Crippen molar-refractivity contribution < 1.29 is 4.79 Å². The first kappa shape index (κ1) is 13.3. The van der Waals surface area contributed by atoms with E-state index in [4.69, 9.17) is 5.73 Å². The van der Waals surface area contributed by atoms with Gasteiger partial charge in [0, 0.05) is 24.0 Å². The second kappa shape index (κ2) is 5.76. The van der Waals surface area contributed by atoms with Gasteiger partial charge in [-0.3, -0.25) is 9.89 Å². The lowest BCUT2D eigenvalue weighted by molar-refractivity contribution is 0.0951. The molecule has 0 saturated carbocycles. The van der Waals surface area contributed by atoms with Gasteiger partial charge in [0.2, 0.25) is 0 Å². The number of hydrogen-bond donors (Lipinski definition) is 3. The second-order valence-electron chi connectivity index (χ2n) is 4.88. The second-order valence-corrected chi connectivity index (χ2v) is 4.88. The molecule has 1 aromatic heterocycles. The number of hydrogen-bond acceptors (Lipinski definition) is 3. The summed E-state index contributed by atoms with van der Waals surface area (Å²) in [5.41, 5.74) is 9.25. The molecule has 0 unspecified atom stereocenters. The van der Waals surface area contributed by atoms with E-state index in [9.17, 15) is 4.79 Å². The zero-order valence-corrected chi connectivity index (χ0v) is 11.5. The highest BCUT2D eigenvalue weighted by atomic mass is 16.1. The Morgan fingerprint density at radius 1 is 1.19 bits per heavy atom. The molecule has 0 saturated heterocycles. The Morgan fingerprint density at radius 3 is 2.90 bits per heavy atom. The largest absolute Gasteiger partial charge is 0.348 e. The number of carbonyl (C=O) groups excluding carboxylic acids is 1. The third-order valence-corrected chi connectivity index (χ3v) is 3.38. The van der Waals surface area contributed by atoms with Crippen LogP contribution in [0.3, 0.4) is 0 Å². The third-order valence-electron chi connectivity index (χ3n) is 3.38. The predicted octanol–water partition coefficient (Wildman–Crippen LogP) is 1.95. The van der Waals surface area contributed by atoms with Gasteiger partial charge in [-0.25, -0.2) is 0 Å². The molecule has 0 spiro atoms. The fourth-order valence-corrected chi connectivity index (χ4v) is 2.23. The normalized spacial score (nSPS) is 10.7. The number of amides is 1. The van der Waals surface area contributed by atoms with Gasteiger partial charge in [-0.1, -0.05) is 24.3 Å². The summed E-state index contributed by atoms with van der Waals surface area (Å²) in [7, 11) is 0. The predicted molar refractivity (Wildman–Crippen MR) is 81.6 cm³/mol. The lowest BCUT2D eigenvalue weighted by Gasteiger charge is -2.07. The molecule has 0 fully saturated rings. The topological polar surface area (TPSA) is 83.8 Å². The van der Waals surface area contributed by atoms with E-state index in [0.29, 0.717) is 18.7 Å². The van der Waals surface area contributed by atoms with Crippen LogP contribution in [-0.4, -0.2) is 16.1 Å². The van der Waals surface area contributed by atoms with Crippen LogP contribution >= 0.6 is 0 Å². The van der Waals surface area contributed by atoms with Gasteiger partial charge in [0.25, 0.3) is 5.91 Å². The Hall–Kier alpha value is -2.66. The van der Waals surface area contributed by atoms with Crippen molar-refractivity contribution in [1.29, 1.82) is 0 Å². The Labute approximate surface area is 122 Å². The lowest BCUT2D eigenvalue weighted by Crippen LogP contribution is -2.22. The Bertz CT molecular complexity index is 779. The first-order chi connectivity index (χ1) is 10.3. The van der Waals surface area contributed by atoms with Crippen LogP contribution < -0.4 is 11.1 Å². The first-order valence-corrected chi connectivity index (χ1v) is 6.75. The van der Waals surface area contributed by atoms with E-state index in [-0.39, 0.29) is 5.91 Å². The molecule has 0 bridgehead atoms. The molecule has 0 atom stereocenters. The zero-order valence-electron chi connectivity index (χ0n) is 11.5. The van der Waals surface area contributed by atoms with Crippen molar-refractivity contribution in [3.05, 3.63) is 65.4 Å². The molecule has 5 heteroatoms. The van der Waals surface area contributed by atoms with E-state index in [2.05, 4.69) is 15.5 Å². The van der Waals surface area contributed by atoms with Gasteiger partial charge < -0.3 is 11.1 Å². The van der Waals surface area contributed by atoms with Crippen LogP contribution in [0.2, 0.25) is 0 Å². The maximum absolute atomic E-state index is 12.2. The molecule has 0 radical (unpaired) electrons. The summed E-state index contributed by atoms with van der Waals surface area (Å²) in [5.74, 6) is -0.101. The van der Waals surface area contributed by atoms with Crippen LogP contribution in [0.5, 0.6) is 0 Å². The van der Waals surface area contributed by atoms with E-state index < -0.39 is 0 Å². The number of nitrogens with one attached hydrogen (secondary N) is 2. The third kappa shape index (κ3) is 2.93. The van der Waals surface area contributed by atoms with Crippen molar-refractivity contribution >= 4 is 16.8 Å². The fourth-order valence-electron chi connectivity index (χ4n) is 2.23. The summed E-state index contributed by atoms with van der Waals surface area (Å²) >= 11 is 0. The van der Waals surface area contributed by atoms with Crippen molar-refractivity contribution in [3.8, 4) is 0 Å². The van der Waals surface area contributed by atoms with E-state index in [1.165, 1.54) is 0 Å². The minimum Gasteiger partial charge on any atom is -0.348 e. The number of aromatic amines is 1. The van der Waals surface area contributed by atoms with Crippen molar-refractivity contribution in [2.75, 3.05) is 0 Å². The molecule has 0 aliphatic heterocycles. The molecule has 0 aliphatic rings. The van der Waals surface area contributed by atoms with Crippen LogP contribution in [0.1, 0.15) is 21.5 Å². The van der Waals surface area contributed by atoms with Gasteiger partial charge in [0.1, 0.15) is 0 Å². The molecule has 1 heterocycles. The monoisotopic (exact) mass is 280 g/mol. The number of nitrogens with zero attached hydrogens (tertiary/aromatic N) is 1. The van der Waals surface area contributed by atoms with Crippen molar-refractivity contribution in [2.45, 2.75) is 13.1 Å². The molecular weight excluding hydrogens is 264 g/mol. The molecule has 106 valence electrons. The average molecular weight is 280 g/mol. The standard InChI is InChI=1S/C16H16N4O/c17-8-11-2-1-3-12(6-11)9-18-16(21)13-4-5-15-14(7-13)10-19-20-15/h1-7,10H,8-9,17H2,(H,18,21)(H,19,20). The summed E-state index contributed by atoms with van der Waals surface area (Å²) in [6.07, 6.45) is 1.71. The maximum atomic E-state index is 12.2. The van der Waals surface area contributed by atoms with E-state index in [0.717, 1.165) is 22.0 Å². The SMILES string of the molecule is NCc1cccc(CNC(=O)c2ccc3[nH]ncc3c2)c1. The van der Waals surface area contributed by atoms with Crippen LogP contribution in [-0.2, 0) is 13.1 Å². The highest BCUT2D eigenvalue weighted by Crippen LogP contribution is 2.13. The zero-order chi connectivity index (χ0) is 14.7. The van der Waals surface area contributed by atoms with Gasteiger partial charge in [0.05, 0.1) is 11.7 Å². The minimum absolute atomic E-state index is 0.101. The van der Waals surface area contributed by atoms with Crippen LogP contribution in [0.15, 0.2) is 48.7 Å². The summed E-state index contributed by atoms with van der Waals surface area (Å²) in [6, 6.07) is 13.3. The van der Waals surface area contributed by atoms with Crippen LogP contribution in [0, 0.1) is 0 Å². The molecule has 4 N–H and O–H groups in total. The Kier molecular flexibility index (Phi) is 3.66. The smallest absolute Gasteiger partial charge is 0.251 e. The molecule has 3 aromatic rings. The van der Waals surface area contributed by atoms with Crippen molar-refractivity contribution in [2.24, 2.45) is 5.73 Å². The first-order valence-electron chi connectivity index (χ1n) is 6.75.